The van der Waals surface area contributed by atoms with E-state index in [0.717, 1.165) is 0 Å². The van der Waals surface area contributed by atoms with E-state index in [1.165, 1.54) is 0 Å². The van der Waals surface area contributed by atoms with Crippen molar-refractivity contribution in [2.45, 2.75) is 78.9 Å². The zero-order chi connectivity index (χ0) is 27.5. The van der Waals surface area contributed by atoms with E-state index in [1.54, 1.807) is 83.8 Å². The van der Waals surface area contributed by atoms with E-state index >= 15 is 0 Å². The molecule has 6 N–H and O–H groups in total. The minimum Gasteiger partial charge on any atom is -0.822 e. The second-order valence-electron chi connectivity index (χ2n) is 9.13. The van der Waals surface area contributed by atoms with Crippen LogP contribution in [0, 0.1) is 0 Å². The molecule has 6 unspecified atom stereocenters. The van der Waals surface area contributed by atoms with Crippen molar-refractivity contribution in [3.8, 4) is 0 Å². The lowest BCUT2D eigenvalue weighted by Gasteiger charge is -2.36. The zero-order valence-corrected chi connectivity index (χ0v) is 22.5. The van der Waals surface area contributed by atoms with Crippen LogP contribution in [0.25, 0.3) is 0 Å². The van der Waals surface area contributed by atoms with Crippen LogP contribution in [0.4, 0.5) is 0 Å². The number of hydrogen-bond donors (Lipinski definition) is 6. The number of quaternary nitrogens is 3. The molecule has 32 heavy (non-hydrogen) atoms. The molecule has 0 fully saturated rings. The summed E-state index contributed by atoms with van der Waals surface area (Å²) in [7, 11) is 5.25. The maximum atomic E-state index is 9.06. The lowest BCUT2D eigenvalue weighted by Crippen LogP contribution is -2.53. The predicted molar refractivity (Wildman–Crippen MR) is 114 cm³/mol. The molecular formula is C18H48N3O10P. The average Bonchev–Trinajstić information content (AvgIpc) is 2.53. The fourth-order valence-corrected chi connectivity index (χ4v) is 0.937. The summed E-state index contributed by atoms with van der Waals surface area (Å²) in [6.45, 7) is 9.96. The van der Waals surface area contributed by atoms with Crippen LogP contribution < -0.4 is 14.7 Å². The lowest BCUT2D eigenvalue weighted by molar-refractivity contribution is -0.974. The van der Waals surface area contributed by atoms with Gasteiger partial charge in [-0.25, -0.2) is 0 Å². The largest absolute Gasteiger partial charge is 0.822 e. The summed E-state index contributed by atoms with van der Waals surface area (Å²) < 4.78 is 9.22. The quantitative estimate of drug-likeness (QED) is 0.121. The highest BCUT2D eigenvalue weighted by Crippen LogP contribution is 2.08. The van der Waals surface area contributed by atoms with Crippen LogP contribution in [0.2, 0.25) is 0 Å². The van der Waals surface area contributed by atoms with Crippen molar-refractivity contribution >= 4 is 7.82 Å². The van der Waals surface area contributed by atoms with Crippen molar-refractivity contribution in [1.29, 1.82) is 0 Å². The molecule has 0 bridgehead atoms. The maximum absolute atomic E-state index is 9.06. The Balaban J connectivity index is -0.000000167. The summed E-state index contributed by atoms with van der Waals surface area (Å²) in [6, 6.07) is 0. The van der Waals surface area contributed by atoms with E-state index in [-0.39, 0.29) is 13.4 Å². The van der Waals surface area contributed by atoms with Gasteiger partial charge in [0.15, 0.2) is 37.4 Å². The summed E-state index contributed by atoms with van der Waals surface area (Å²) >= 11 is 0. The molecule has 0 radical (unpaired) electrons. The van der Waals surface area contributed by atoms with E-state index in [4.69, 9.17) is 49.9 Å². The van der Waals surface area contributed by atoms with Gasteiger partial charge < -0.3 is 49.9 Å². The third kappa shape index (κ3) is 19.2. The SMILES string of the molecule is CC(O)[N+](C)(C)C(C)O.CC(O)[N+](C)(C)C(C)O.CC(O)[N+](C)(C)C(C)O.O=P([O-])([O-])[O-]. The van der Waals surface area contributed by atoms with Crippen LogP contribution in [-0.4, -0.2) is 124 Å². The first-order valence-corrected chi connectivity index (χ1v) is 11.4. The van der Waals surface area contributed by atoms with Crippen LogP contribution in [0.3, 0.4) is 0 Å². The molecule has 0 spiro atoms. The van der Waals surface area contributed by atoms with Crippen molar-refractivity contribution in [2.75, 3.05) is 42.3 Å². The highest BCUT2D eigenvalue weighted by molar-refractivity contribution is 7.40. The van der Waals surface area contributed by atoms with E-state index in [1.807, 2.05) is 0 Å². The smallest absolute Gasteiger partial charge is 0.189 e. The number of rotatable bonds is 6. The molecule has 0 aromatic heterocycles. The summed E-state index contributed by atoms with van der Waals surface area (Å²) in [5, 5.41) is 54.4. The van der Waals surface area contributed by atoms with Crippen LogP contribution in [-0.2, 0) is 4.57 Å². The summed E-state index contributed by atoms with van der Waals surface area (Å²) in [4.78, 5) is 25.6. The van der Waals surface area contributed by atoms with Gasteiger partial charge in [-0.1, -0.05) is 0 Å². The van der Waals surface area contributed by atoms with Crippen LogP contribution in [0.1, 0.15) is 41.5 Å². The monoisotopic (exact) mass is 497 g/mol. The Kier molecular flexibility index (Phi) is 19.0. The van der Waals surface area contributed by atoms with Gasteiger partial charge in [0.05, 0.1) is 42.3 Å². The van der Waals surface area contributed by atoms with Crippen LogP contribution >= 0.6 is 7.82 Å². The number of aliphatic hydroxyl groups excluding tert-OH is 6. The minimum absolute atomic E-state index is 0.222. The third-order valence-electron chi connectivity index (χ3n) is 5.78. The second-order valence-corrected chi connectivity index (χ2v) is 10.0. The fourth-order valence-electron chi connectivity index (χ4n) is 0.937. The number of aliphatic hydroxyl groups is 6. The Morgan fingerprint density at radius 2 is 0.531 bits per heavy atom. The van der Waals surface area contributed by atoms with Crippen molar-refractivity contribution in [1.82, 2.24) is 0 Å². The summed E-state index contributed by atoms with van der Waals surface area (Å²) in [5.74, 6) is 0. The molecule has 14 heteroatoms. The van der Waals surface area contributed by atoms with Gasteiger partial charge in [0.1, 0.15) is 0 Å². The highest BCUT2D eigenvalue weighted by Gasteiger charge is 2.27. The Morgan fingerprint density at radius 1 is 0.469 bits per heavy atom. The van der Waals surface area contributed by atoms with Gasteiger partial charge in [0.25, 0.3) is 0 Å². The van der Waals surface area contributed by atoms with E-state index in [9.17, 15) is 0 Å². The normalized spacial score (nSPS) is 18.2. The molecule has 0 aliphatic rings. The number of hydrogen-bond acceptors (Lipinski definition) is 10. The van der Waals surface area contributed by atoms with E-state index < -0.39 is 45.2 Å². The lowest BCUT2D eigenvalue weighted by atomic mass is 10.4. The van der Waals surface area contributed by atoms with Gasteiger partial charge >= 0.3 is 0 Å². The molecular weight excluding hydrogens is 449 g/mol. The molecule has 0 saturated heterocycles. The molecule has 6 atom stereocenters. The molecule has 13 nitrogen and oxygen atoms in total. The molecule has 0 rings (SSSR count). The van der Waals surface area contributed by atoms with Crippen molar-refractivity contribution in [2.24, 2.45) is 0 Å². The van der Waals surface area contributed by atoms with Crippen LogP contribution in [0.5, 0.6) is 0 Å². The summed E-state index contributed by atoms with van der Waals surface area (Å²) in [5.41, 5.74) is 0. The van der Waals surface area contributed by atoms with Gasteiger partial charge in [-0.05, 0) is 0 Å². The summed E-state index contributed by atoms with van der Waals surface area (Å²) in [6.07, 6.45) is -3.14. The predicted octanol–water partition coefficient (Wildman–Crippen LogP) is -3.61. The van der Waals surface area contributed by atoms with Gasteiger partial charge in [-0.15, -0.1) is 0 Å². The molecule has 0 heterocycles. The Bertz CT molecular complexity index is 424. The van der Waals surface area contributed by atoms with Crippen molar-refractivity contribution < 1.29 is 63.3 Å². The zero-order valence-electron chi connectivity index (χ0n) is 21.6. The number of phosphoric acid groups is 1. The van der Waals surface area contributed by atoms with Gasteiger partial charge in [0, 0.05) is 41.5 Å². The second kappa shape index (κ2) is 15.6. The molecule has 0 aliphatic carbocycles. The first-order chi connectivity index (χ1) is 13.7. The Morgan fingerprint density at radius 3 is 0.531 bits per heavy atom. The first-order valence-electron chi connectivity index (χ1n) is 9.98. The van der Waals surface area contributed by atoms with Crippen molar-refractivity contribution in [3.63, 3.8) is 0 Å². The number of nitrogens with zero attached hydrogens (tertiary/aromatic N) is 3. The fraction of sp³-hybridized carbons (Fsp3) is 1.00. The first kappa shape index (κ1) is 39.0. The topological polar surface area (TPSA) is 208 Å². The van der Waals surface area contributed by atoms with Crippen molar-refractivity contribution in [3.05, 3.63) is 0 Å². The molecule has 0 aromatic rings. The van der Waals surface area contributed by atoms with Gasteiger partial charge in [-0.2, -0.15) is 7.82 Å². The maximum Gasteiger partial charge on any atom is 0.189 e. The molecule has 200 valence electrons. The van der Waals surface area contributed by atoms with Gasteiger partial charge in [0.2, 0.25) is 0 Å². The molecule has 0 amide bonds. The third-order valence-corrected chi connectivity index (χ3v) is 5.78. The minimum atomic E-state index is -5.39. The molecule has 0 aromatic carbocycles. The van der Waals surface area contributed by atoms with Gasteiger partial charge in [-0.3, -0.25) is 13.4 Å². The average molecular weight is 498 g/mol. The molecule has 0 saturated carbocycles. The van der Waals surface area contributed by atoms with E-state index in [2.05, 4.69) is 0 Å². The van der Waals surface area contributed by atoms with E-state index in [0.29, 0.717) is 0 Å². The van der Waals surface area contributed by atoms with Crippen LogP contribution in [0.15, 0.2) is 0 Å². The standard InChI is InChI=1S/3C6H16NO2.H3O4P/c3*1-5(8)7(3,4)6(2)9;1-5(2,3)4/h3*5-6,8-9H,1-4H3;(H3,1,2,3,4)/q3*+1;/p-3. The molecule has 0 aliphatic heterocycles. The highest BCUT2D eigenvalue weighted by atomic mass is 31.2. The Hall–Kier alpha value is -0.250. The Labute approximate surface area is 193 Å².